The van der Waals surface area contributed by atoms with E-state index in [1.807, 2.05) is 6.07 Å². The van der Waals surface area contributed by atoms with Gasteiger partial charge in [0.2, 0.25) is 0 Å². The van der Waals surface area contributed by atoms with E-state index in [2.05, 4.69) is 34.8 Å². The topological polar surface area (TPSA) is 48.1 Å². The van der Waals surface area contributed by atoms with Crippen molar-refractivity contribution >= 4 is 15.9 Å². The summed E-state index contributed by atoms with van der Waals surface area (Å²) in [6.07, 6.45) is 5.43. The molecule has 1 heterocycles. The van der Waals surface area contributed by atoms with Gasteiger partial charge in [-0.2, -0.15) is 0 Å². The Kier molecular flexibility index (Phi) is 5.38. The average molecular weight is 287 g/mol. The zero-order valence-electron chi connectivity index (χ0n) is 9.87. The molecule has 0 radical (unpaired) electrons. The maximum atomic E-state index is 6.14. The molecule has 0 fully saturated rings. The molecule has 2 N–H and O–H groups in total. The Morgan fingerprint density at radius 3 is 2.62 bits per heavy atom. The highest BCUT2D eigenvalue weighted by molar-refractivity contribution is 9.10. The van der Waals surface area contributed by atoms with Crippen molar-refractivity contribution in [2.45, 2.75) is 38.8 Å². The van der Waals surface area contributed by atoms with Crippen LogP contribution in [0.1, 0.15) is 32.3 Å². The molecule has 1 aromatic heterocycles. The molecule has 3 nitrogen and oxygen atoms in total. The molecular formula is C12H19BrN2O. The predicted octanol–water partition coefficient (Wildman–Crippen LogP) is 2.88. The van der Waals surface area contributed by atoms with Gasteiger partial charge in [0, 0.05) is 22.4 Å². The molecule has 0 saturated carbocycles. The van der Waals surface area contributed by atoms with Crippen molar-refractivity contribution in [2.24, 2.45) is 5.73 Å². The van der Waals surface area contributed by atoms with Crippen LogP contribution in [0.15, 0.2) is 22.9 Å². The number of hydrogen-bond acceptors (Lipinski definition) is 3. The monoisotopic (exact) mass is 286 g/mol. The maximum Gasteiger partial charge on any atom is 0.0733 e. The van der Waals surface area contributed by atoms with E-state index in [0.717, 1.165) is 22.9 Å². The Hall–Kier alpha value is -0.450. The second kappa shape index (κ2) is 6.33. The minimum Gasteiger partial charge on any atom is -0.375 e. The number of aromatic nitrogens is 1. The van der Waals surface area contributed by atoms with Gasteiger partial charge in [-0.3, -0.25) is 4.98 Å². The first kappa shape index (κ1) is 13.6. The molecule has 1 rings (SSSR count). The summed E-state index contributed by atoms with van der Waals surface area (Å²) in [5.41, 5.74) is 7.00. The van der Waals surface area contributed by atoms with Crippen LogP contribution in [0.5, 0.6) is 0 Å². The summed E-state index contributed by atoms with van der Waals surface area (Å²) < 4.78 is 6.61. The molecule has 0 bridgehead atoms. The van der Waals surface area contributed by atoms with Gasteiger partial charge in [0.05, 0.1) is 13.2 Å². The standard InChI is InChI=1S/C12H19BrN2O/c1-3-12(14,4-2)9-16-8-10-5-11(13)7-15-6-10/h5-7H,3-4,8-9,14H2,1-2H3. The van der Waals surface area contributed by atoms with Gasteiger partial charge in [-0.25, -0.2) is 0 Å². The zero-order valence-corrected chi connectivity index (χ0v) is 11.5. The maximum absolute atomic E-state index is 6.14. The van der Waals surface area contributed by atoms with Crippen LogP contribution < -0.4 is 5.73 Å². The quantitative estimate of drug-likeness (QED) is 0.875. The Morgan fingerprint density at radius 2 is 2.06 bits per heavy atom. The van der Waals surface area contributed by atoms with Crippen molar-refractivity contribution in [2.75, 3.05) is 6.61 Å². The Labute approximate surface area is 106 Å². The Balaban J connectivity index is 2.41. The molecule has 16 heavy (non-hydrogen) atoms. The van der Waals surface area contributed by atoms with Crippen LogP contribution in [0.4, 0.5) is 0 Å². The van der Waals surface area contributed by atoms with Crippen LogP contribution in [0.3, 0.4) is 0 Å². The lowest BCUT2D eigenvalue weighted by Gasteiger charge is -2.26. The fraction of sp³-hybridized carbons (Fsp3) is 0.583. The van der Waals surface area contributed by atoms with Gasteiger partial charge >= 0.3 is 0 Å². The SMILES string of the molecule is CCC(N)(CC)COCc1cncc(Br)c1. The van der Waals surface area contributed by atoms with Crippen LogP contribution in [0.25, 0.3) is 0 Å². The molecule has 0 unspecified atom stereocenters. The zero-order chi connectivity index (χ0) is 12.0. The summed E-state index contributed by atoms with van der Waals surface area (Å²) in [6.45, 7) is 5.33. The van der Waals surface area contributed by atoms with Crippen molar-refractivity contribution in [3.05, 3.63) is 28.5 Å². The average Bonchev–Trinajstić information content (AvgIpc) is 2.29. The third-order valence-electron chi connectivity index (χ3n) is 2.83. The van der Waals surface area contributed by atoms with Crippen LogP contribution >= 0.6 is 15.9 Å². The molecule has 4 heteroatoms. The van der Waals surface area contributed by atoms with E-state index in [1.54, 1.807) is 12.4 Å². The minimum atomic E-state index is -0.195. The number of rotatable bonds is 6. The molecule has 0 spiro atoms. The van der Waals surface area contributed by atoms with E-state index in [0.29, 0.717) is 13.2 Å². The Morgan fingerprint density at radius 1 is 1.38 bits per heavy atom. The third kappa shape index (κ3) is 4.20. The van der Waals surface area contributed by atoms with E-state index in [1.165, 1.54) is 0 Å². The second-order valence-corrected chi connectivity index (χ2v) is 4.99. The number of ether oxygens (including phenoxy) is 1. The third-order valence-corrected chi connectivity index (χ3v) is 3.26. The van der Waals surface area contributed by atoms with E-state index in [9.17, 15) is 0 Å². The van der Waals surface area contributed by atoms with Gasteiger partial charge in [0.15, 0.2) is 0 Å². The first-order chi connectivity index (χ1) is 7.59. The summed E-state index contributed by atoms with van der Waals surface area (Å²) in [4.78, 5) is 4.08. The first-order valence-corrected chi connectivity index (χ1v) is 6.35. The predicted molar refractivity (Wildman–Crippen MR) is 69.1 cm³/mol. The lowest BCUT2D eigenvalue weighted by Crippen LogP contribution is -2.43. The van der Waals surface area contributed by atoms with Gasteiger partial charge in [-0.15, -0.1) is 0 Å². The molecule has 0 aliphatic rings. The summed E-state index contributed by atoms with van der Waals surface area (Å²) in [5, 5.41) is 0. The lowest BCUT2D eigenvalue weighted by molar-refractivity contribution is 0.0694. The van der Waals surface area contributed by atoms with Crippen LogP contribution in [-0.2, 0) is 11.3 Å². The van der Waals surface area contributed by atoms with Crippen molar-refractivity contribution in [3.8, 4) is 0 Å². The van der Waals surface area contributed by atoms with Crippen LogP contribution in [0, 0.1) is 0 Å². The molecule has 90 valence electrons. The second-order valence-electron chi connectivity index (χ2n) is 4.07. The minimum absolute atomic E-state index is 0.195. The van der Waals surface area contributed by atoms with Gasteiger partial charge < -0.3 is 10.5 Å². The molecular weight excluding hydrogens is 268 g/mol. The van der Waals surface area contributed by atoms with Crippen molar-refractivity contribution < 1.29 is 4.74 Å². The highest BCUT2D eigenvalue weighted by Crippen LogP contribution is 2.14. The molecule has 0 aromatic carbocycles. The lowest BCUT2D eigenvalue weighted by atomic mass is 9.96. The summed E-state index contributed by atoms with van der Waals surface area (Å²) >= 11 is 3.38. The smallest absolute Gasteiger partial charge is 0.0733 e. The number of nitrogens with two attached hydrogens (primary N) is 1. The molecule has 0 saturated heterocycles. The summed E-state index contributed by atoms with van der Waals surface area (Å²) in [7, 11) is 0. The number of nitrogens with zero attached hydrogens (tertiary/aromatic N) is 1. The van der Waals surface area contributed by atoms with E-state index in [4.69, 9.17) is 10.5 Å². The van der Waals surface area contributed by atoms with Gasteiger partial charge in [0.25, 0.3) is 0 Å². The number of hydrogen-bond donors (Lipinski definition) is 1. The molecule has 1 aromatic rings. The van der Waals surface area contributed by atoms with Crippen LogP contribution in [0.2, 0.25) is 0 Å². The van der Waals surface area contributed by atoms with Crippen molar-refractivity contribution in [3.63, 3.8) is 0 Å². The fourth-order valence-electron chi connectivity index (χ4n) is 1.36. The molecule has 0 aliphatic heterocycles. The number of halogens is 1. The molecule has 0 atom stereocenters. The van der Waals surface area contributed by atoms with Gasteiger partial charge in [0.1, 0.15) is 0 Å². The van der Waals surface area contributed by atoms with Crippen LogP contribution in [-0.4, -0.2) is 17.1 Å². The normalized spacial score (nSPS) is 11.8. The largest absolute Gasteiger partial charge is 0.375 e. The molecule has 0 aliphatic carbocycles. The molecule has 0 amide bonds. The summed E-state index contributed by atoms with van der Waals surface area (Å²) in [6, 6.07) is 2.00. The number of pyridine rings is 1. The van der Waals surface area contributed by atoms with E-state index >= 15 is 0 Å². The van der Waals surface area contributed by atoms with Gasteiger partial charge in [-0.1, -0.05) is 13.8 Å². The fourth-order valence-corrected chi connectivity index (χ4v) is 1.77. The van der Waals surface area contributed by atoms with Crippen molar-refractivity contribution in [1.29, 1.82) is 0 Å². The van der Waals surface area contributed by atoms with E-state index < -0.39 is 0 Å². The highest BCUT2D eigenvalue weighted by atomic mass is 79.9. The summed E-state index contributed by atoms with van der Waals surface area (Å²) in [5.74, 6) is 0. The first-order valence-electron chi connectivity index (χ1n) is 5.55. The highest BCUT2D eigenvalue weighted by Gasteiger charge is 2.20. The van der Waals surface area contributed by atoms with Crippen molar-refractivity contribution in [1.82, 2.24) is 4.98 Å². The Bertz CT molecular complexity index is 327. The van der Waals surface area contributed by atoms with Gasteiger partial charge in [-0.05, 0) is 40.4 Å². The van der Waals surface area contributed by atoms with E-state index in [-0.39, 0.29) is 5.54 Å².